The van der Waals surface area contributed by atoms with Crippen LogP contribution in [-0.2, 0) is 38.6 Å². The quantitative estimate of drug-likeness (QED) is 0.204. The van der Waals surface area contributed by atoms with Crippen molar-refractivity contribution in [2.45, 2.75) is 37.5 Å². The van der Waals surface area contributed by atoms with Crippen molar-refractivity contribution in [3.05, 3.63) is 87.4 Å². The predicted molar refractivity (Wildman–Crippen MR) is 176 cm³/mol. The summed E-state index contributed by atoms with van der Waals surface area (Å²) in [4.78, 5) is 68.5. The minimum atomic E-state index is -2.74. The Kier molecular flexibility index (Phi) is 8.77. The number of halogens is 1. The number of nitrogens with zero attached hydrogens (tertiary/aromatic N) is 1. The number of hydrogen-bond donors (Lipinski definition) is 4. The Labute approximate surface area is 280 Å². The van der Waals surface area contributed by atoms with Crippen molar-refractivity contribution in [1.82, 2.24) is 10.2 Å². The average Bonchev–Trinajstić information content (AvgIpc) is 3.02. The summed E-state index contributed by atoms with van der Waals surface area (Å²) in [6.45, 7) is 1.48. The summed E-state index contributed by atoms with van der Waals surface area (Å²) >= 11 is 3.45. The molecular weight excluding hydrogens is 666 g/mol. The molecule has 5 N–H and O–H groups in total. The topological polar surface area (TPSA) is 167 Å². The molecule has 2 fully saturated rings. The number of carbonyl (C=O) groups excluding carboxylic acids is 5. The van der Waals surface area contributed by atoms with Gasteiger partial charge in [-0.3, -0.25) is 28.9 Å². The molecule has 0 spiro atoms. The number of aliphatic hydroxyl groups is 1. The SMILES string of the molecule is CN(C)[C@@H]1C(=O)C(C(N)=O)C(=O)[C@@]2(O)C(=O)C3C(=O)c4c(O)ccc(-c5ccc(CNCCc6ccc(Br)cc6)cc5)c4C[C@H]3C[C@@H]12. The van der Waals surface area contributed by atoms with Crippen molar-refractivity contribution >= 4 is 45.0 Å². The van der Waals surface area contributed by atoms with Crippen molar-refractivity contribution in [1.29, 1.82) is 0 Å². The molecule has 6 rings (SSSR count). The normalized spacial score (nSPS) is 27.0. The molecule has 3 aliphatic rings. The van der Waals surface area contributed by atoms with Crippen LogP contribution in [0, 0.1) is 23.7 Å². The molecule has 10 nitrogen and oxygen atoms in total. The summed E-state index contributed by atoms with van der Waals surface area (Å²) in [5.74, 6) is -10.6. The molecule has 11 heteroatoms. The van der Waals surface area contributed by atoms with Gasteiger partial charge in [-0.15, -0.1) is 0 Å². The van der Waals surface area contributed by atoms with Gasteiger partial charge in [0.1, 0.15) is 5.75 Å². The summed E-state index contributed by atoms with van der Waals surface area (Å²) in [5, 5.41) is 26.1. The number of nitrogens with two attached hydrogens (primary N) is 1. The zero-order valence-electron chi connectivity index (χ0n) is 26.0. The number of benzene rings is 3. The number of rotatable bonds is 8. The number of likely N-dealkylation sites (N-methyl/N-ethyl adjacent to an activating group) is 1. The second-order valence-corrected chi connectivity index (χ2v) is 13.9. The van der Waals surface area contributed by atoms with E-state index >= 15 is 0 Å². The molecule has 2 unspecified atom stereocenters. The molecule has 2 saturated carbocycles. The summed E-state index contributed by atoms with van der Waals surface area (Å²) in [5.41, 5.74) is 7.05. The van der Waals surface area contributed by atoms with Gasteiger partial charge < -0.3 is 21.3 Å². The fourth-order valence-electron chi connectivity index (χ4n) is 7.79. The number of amides is 1. The maximum atomic E-state index is 14.0. The van der Waals surface area contributed by atoms with Crippen LogP contribution in [0.25, 0.3) is 11.1 Å². The molecule has 0 saturated heterocycles. The number of Topliss-reactive ketones (excluding diaryl/α,β-unsaturated/α-hetero) is 4. The predicted octanol–water partition coefficient (Wildman–Crippen LogP) is 2.63. The van der Waals surface area contributed by atoms with Gasteiger partial charge in [0.15, 0.2) is 34.7 Å². The first kappa shape index (κ1) is 32.9. The number of phenols is 1. The molecule has 0 heterocycles. The van der Waals surface area contributed by atoms with E-state index in [0.717, 1.165) is 34.1 Å². The van der Waals surface area contributed by atoms with E-state index in [2.05, 4.69) is 33.4 Å². The Morgan fingerprint density at radius 3 is 2.28 bits per heavy atom. The number of fused-ring (bicyclic) bond motifs is 3. The van der Waals surface area contributed by atoms with Crippen molar-refractivity contribution in [3.63, 3.8) is 0 Å². The average molecular weight is 703 g/mol. The van der Waals surface area contributed by atoms with E-state index in [-0.39, 0.29) is 24.2 Å². The minimum Gasteiger partial charge on any atom is -0.507 e. The molecule has 244 valence electrons. The van der Waals surface area contributed by atoms with Crippen molar-refractivity contribution < 1.29 is 34.2 Å². The van der Waals surface area contributed by atoms with Crippen molar-refractivity contribution in [3.8, 4) is 16.9 Å². The van der Waals surface area contributed by atoms with Gasteiger partial charge in [0.05, 0.1) is 17.5 Å². The Hall–Kier alpha value is -4.03. The standard InChI is InChI=1S/C36H36BrN3O7/c1-40(2)30-25-16-21-15-24-23(20-7-3-19(4-8-20)17-39-14-13-18-5-9-22(37)10-6-18)11-12-26(41)28(24)31(42)27(21)33(44)36(25,47)34(45)29(32(30)43)35(38)46/h3-12,21,25,27,29-30,39,41,47H,13-17H2,1-2H3,(H2,38,46)/t21-,25-,27?,29?,30-,36-/m0/s1. The third-order valence-electron chi connectivity index (χ3n) is 10.0. The second kappa shape index (κ2) is 12.5. The van der Waals surface area contributed by atoms with E-state index < -0.39 is 64.4 Å². The fraction of sp³-hybridized carbons (Fsp3) is 0.361. The van der Waals surface area contributed by atoms with Crippen molar-refractivity contribution in [2.75, 3.05) is 20.6 Å². The van der Waals surface area contributed by atoms with Crippen LogP contribution in [0.5, 0.6) is 5.75 Å². The van der Waals surface area contributed by atoms with Gasteiger partial charge in [0.25, 0.3) is 0 Å². The number of hydrogen-bond acceptors (Lipinski definition) is 9. The number of nitrogens with one attached hydrogen (secondary N) is 1. The summed E-state index contributed by atoms with van der Waals surface area (Å²) in [7, 11) is 3.12. The van der Waals surface area contributed by atoms with E-state index in [1.807, 2.05) is 36.4 Å². The van der Waals surface area contributed by atoms with E-state index in [9.17, 15) is 34.2 Å². The van der Waals surface area contributed by atoms with Gasteiger partial charge in [-0.2, -0.15) is 0 Å². The molecule has 6 atom stereocenters. The Bertz CT molecular complexity index is 1790. The van der Waals surface area contributed by atoms with Crippen molar-refractivity contribution in [2.24, 2.45) is 29.4 Å². The molecule has 0 radical (unpaired) electrons. The van der Waals surface area contributed by atoms with Crippen LogP contribution in [0.15, 0.2) is 65.1 Å². The molecule has 3 aromatic rings. The highest BCUT2D eigenvalue weighted by molar-refractivity contribution is 9.10. The molecule has 3 aromatic carbocycles. The smallest absolute Gasteiger partial charge is 0.235 e. The van der Waals surface area contributed by atoms with Gasteiger partial charge in [-0.05, 0) is 91.8 Å². The monoisotopic (exact) mass is 701 g/mol. The van der Waals surface area contributed by atoms with E-state index in [1.54, 1.807) is 20.2 Å². The van der Waals surface area contributed by atoms with Crippen LogP contribution >= 0.6 is 15.9 Å². The first-order valence-electron chi connectivity index (χ1n) is 15.6. The number of primary amides is 1. The molecule has 3 aliphatic carbocycles. The second-order valence-electron chi connectivity index (χ2n) is 13.0. The lowest BCUT2D eigenvalue weighted by atomic mass is 9.52. The van der Waals surface area contributed by atoms with Crippen LogP contribution in [0.1, 0.15) is 33.5 Å². The van der Waals surface area contributed by atoms with Gasteiger partial charge in [-0.1, -0.05) is 58.4 Å². The molecule has 0 aromatic heterocycles. The largest absolute Gasteiger partial charge is 0.507 e. The zero-order chi connectivity index (χ0) is 33.8. The van der Waals surface area contributed by atoms with E-state index in [4.69, 9.17) is 5.73 Å². The van der Waals surface area contributed by atoms with Crippen LogP contribution in [0.4, 0.5) is 0 Å². The molecule has 0 bridgehead atoms. The van der Waals surface area contributed by atoms with Gasteiger partial charge in [0, 0.05) is 16.9 Å². The lowest BCUT2D eigenvalue weighted by Crippen LogP contribution is -2.74. The first-order chi connectivity index (χ1) is 22.3. The van der Waals surface area contributed by atoms with Gasteiger partial charge >= 0.3 is 0 Å². The Morgan fingerprint density at radius 1 is 0.979 bits per heavy atom. The van der Waals surface area contributed by atoms with Gasteiger partial charge in [-0.25, -0.2) is 0 Å². The maximum absolute atomic E-state index is 14.0. The highest BCUT2D eigenvalue weighted by Gasteiger charge is 2.69. The maximum Gasteiger partial charge on any atom is 0.235 e. The third kappa shape index (κ3) is 5.54. The lowest BCUT2D eigenvalue weighted by molar-refractivity contribution is -0.181. The highest BCUT2D eigenvalue weighted by atomic mass is 79.9. The molecule has 47 heavy (non-hydrogen) atoms. The number of ketones is 4. The van der Waals surface area contributed by atoms with Gasteiger partial charge in [0.2, 0.25) is 5.91 Å². The first-order valence-corrected chi connectivity index (χ1v) is 16.4. The fourth-order valence-corrected chi connectivity index (χ4v) is 8.06. The summed E-state index contributed by atoms with van der Waals surface area (Å²) in [6.07, 6.45) is 1.10. The third-order valence-corrected chi connectivity index (χ3v) is 10.6. The summed E-state index contributed by atoms with van der Waals surface area (Å²) < 4.78 is 1.04. The molecular formula is C36H36BrN3O7. The van der Waals surface area contributed by atoms with Crippen LogP contribution in [-0.4, -0.2) is 76.4 Å². The van der Waals surface area contributed by atoms with Crippen LogP contribution in [0.3, 0.4) is 0 Å². The molecule has 1 amide bonds. The van der Waals surface area contributed by atoms with E-state index in [1.165, 1.54) is 16.5 Å². The highest BCUT2D eigenvalue weighted by Crippen LogP contribution is 2.51. The number of aromatic hydroxyl groups is 1. The minimum absolute atomic E-state index is 0.00382. The number of phenolic OH excluding ortho intramolecular Hbond substituents is 1. The van der Waals surface area contributed by atoms with Crippen LogP contribution in [0.2, 0.25) is 0 Å². The van der Waals surface area contributed by atoms with E-state index in [0.29, 0.717) is 12.1 Å². The zero-order valence-corrected chi connectivity index (χ0v) is 27.6. The lowest BCUT2D eigenvalue weighted by Gasteiger charge is -2.52. The number of carbonyl (C=O) groups is 5. The summed E-state index contributed by atoms with van der Waals surface area (Å²) in [6, 6.07) is 18.1. The Balaban J connectivity index is 1.27. The molecule has 0 aliphatic heterocycles. The Morgan fingerprint density at radius 2 is 1.64 bits per heavy atom. The van der Waals surface area contributed by atoms with Crippen LogP contribution < -0.4 is 11.1 Å².